The summed E-state index contributed by atoms with van der Waals surface area (Å²) in [6, 6.07) is 9.70. The van der Waals surface area contributed by atoms with Crippen molar-refractivity contribution < 1.29 is 4.42 Å². The molecule has 1 aromatic carbocycles. The van der Waals surface area contributed by atoms with Gasteiger partial charge in [0.05, 0.1) is 0 Å². The Morgan fingerprint density at radius 3 is 2.88 bits per heavy atom. The molecular weight excluding hydrogens is 220 g/mol. The van der Waals surface area contributed by atoms with Gasteiger partial charge in [-0.1, -0.05) is 36.5 Å². The van der Waals surface area contributed by atoms with Gasteiger partial charge in [0, 0.05) is 11.3 Å². The van der Waals surface area contributed by atoms with Crippen LogP contribution in [0.1, 0.15) is 0 Å². The molecule has 2 rings (SSSR count). The van der Waals surface area contributed by atoms with Gasteiger partial charge in [0.25, 0.3) is 5.22 Å². The van der Waals surface area contributed by atoms with Gasteiger partial charge >= 0.3 is 0 Å². The Bertz CT molecular complexity index is 501. The molecule has 16 heavy (non-hydrogen) atoms. The summed E-state index contributed by atoms with van der Waals surface area (Å²) in [7, 11) is 0. The van der Waals surface area contributed by atoms with Crippen LogP contribution < -0.4 is 0 Å². The van der Waals surface area contributed by atoms with Crippen LogP contribution in [-0.4, -0.2) is 16.0 Å². The van der Waals surface area contributed by atoms with E-state index in [0.29, 0.717) is 11.1 Å². The molecule has 0 radical (unpaired) electrons. The maximum atomic E-state index is 5.49. The topological polar surface area (TPSA) is 38.9 Å². The monoisotopic (exact) mass is 230 g/mol. The second-order valence-corrected chi connectivity index (χ2v) is 3.93. The Hall–Kier alpha value is -1.77. The molecule has 0 fully saturated rings. The van der Waals surface area contributed by atoms with Gasteiger partial charge in [-0.15, -0.1) is 15.9 Å². The highest BCUT2D eigenvalue weighted by Gasteiger charge is 2.07. The summed E-state index contributed by atoms with van der Waals surface area (Å²) in [5, 5.41) is 8.48. The third kappa shape index (κ3) is 2.63. The highest BCUT2D eigenvalue weighted by Crippen LogP contribution is 2.22. The summed E-state index contributed by atoms with van der Waals surface area (Å²) in [6.07, 6.45) is 1.82. The lowest BCUT2D eigenvalue weighted by Crippen LogP contribution is -1.75. The number of rotatable bonds is 4. The smallest absolute Gasteiger partial charge is 0.277 e. The molecule has 0 saturated heterocycles. The van der Waals surface area contributed by atoms with Gasteiger partial charge in [0.15, 0.2) is 0 Å². The molecule has 0 atom stereocenters. The van der Waals surface area contributed by atoms with Crippen molar-refractivity contribution in [3.8, 4) is 11.5 Å². The molecule has 0 spiro atoms. The third-order valence-corrected chi connectivity index (χ3v) is 2.61. The van der Waals surface area contributed by atoms with E-state index in [2.05, 4.69) is 22.5 Å². The highest BCUT2D eigenvalue weighted by molar-refractivity contribution is 7.99. The van der Waals surface area contributed by atoms with E-state index in [1.54, 1.807) is 0 Å². The molecule has 0 N–H and O–H groups in total. The van der Waals surface area contributed by atoms with Crippen molar-refractivity contribution in [1.29, 1.82) is 0 Å². The molecule has 0 aliphatic heterocycles. The van der Waals surface area contributed by atoms with Gasteiger partial charge in [-0.05, 0) is 18.2 Å². The fraction of sp³-hybridized carbons (Fsp3) is 0.0833. The fourth-order valence-electron chi connectivity index (χ4n) is 1.14. The predicted molar refractivity (Wildman–Crippen MR) is 64.2 cm³/mol. The zero-order valence-corrected chi connectivity index (χ0v) is 9.41. The van der Waals surface area contributed by atoms with E-state index in [4.69, 9.17) is 4.42 Å². The van der Waals surface area contributed by atoms with Crippen LogP contribution in [0.2, 0.25) is 0 Å². The molecule has 0 aliphatic rings. The largest absolute Gasteiger partial charge is 0.411 e. The minimum Gasteiger partial charge on any atom is -0.411 e. The van der Waals surface area contributed by atoms with E-state index in [0.717, 1.165) is 11.3 Å². The molecule has 0 unspecified atom stereocenters. The second-order valence-electron chi connectivity index (χ2n) is 2.96. The molecule has 2 aromatic rings. The first-order valence-electron chi connectivity index (χ1n) is 4.76. The van der Waals surface area contributed by atoms with Crippen LogP contribution in [0.15, 0.2) is 58.4 Å². The summed E-state index contributed by atoms with van der Waals surface area (Å²) in [5.74, 6) is 1.28. The number of hydrogen-bond acceptors (Lipinski definition) is 4. The summed E-state index contributed by atoms with van der Waals surface area (Å²) in [4.78, 5) is 0. The maximum Gasteiger partial charge on any atom is 0.277 e. The van der Waals surface area contributed by atoms with E-state index >= 15 is 0 Å². The fourth-order valence-corrected chi connectivity index (χ4v) is 1.72. The van der Waals surface area contributed by atoms with Crippen molar-refractivity contribution in [3.05, 3.63) is 48.7 Å². The first kappa shape index (κ1) is 10.7. The lowest BCUT2D eigenvalue weighted by Gasteiger charge is -1.91. The quantitative estimate of drug-likeness (QED) is 0.597. The van der Waals surface area contributed by atoms with Crippen LogP contribution in [-0.2, 0) is 0 Å². The van der Waals surface area contributed by atoms with Gasteiger partial charge in [-0.2, -0.15) is 0 Å². The van der Waals surface area contributed by atoms with Gasteiger partial charge < -0.3 is 4.42 Å². The standard InChI is InChI=1S/C12H10N2OS/c1-2-3-9-16-12-14-13-11(15-12)10-7-5-4-6-8-10/h3-8H,1,9H2. The third-order valence-electron chi connectivity index (χ3n) is 1.86. The Kier molecular flexibility index (Phi) is 3.59. The van der Waals surface area contributed by atoms with Crippen LogP contribution in [0.25, 0.3) is 11.5 Å². The number of hydrogen-bond donors (Lipinski definition) is 0. The molecule has 0 bridgehead atoms. The summed E-state index contributed by atoms with van der Waals surface area (Å²) >= 11 is 1.46. The zero-order valence-electron chi connectivity index (χ0n) is 8.59. The highest BCUT2D eigenvalue weighted by atomic mass is 32.2. The van der Waals surface area contributed by atoms with E-state index < -0.39 is 0 Å². The Morgan fingerprint density at radius 1 is 1.31 bits per heavy atom. The van der Waals surface area contributed by atoms with Crippen molar-refractivity contribution in [1.82, 2.24) is 10.2 Å². The molecule has 0 saturated carbocycles. The van der Waals surface area contributed by atoms with Gasteiger partial charge in [0.2, 0.25) is 5.89 Å². The first-order valence-corrected chi connectivity index (χ1v) is 5.75. The number of aromatic nitrogens is 2. The second kappa shape index (κ2) is 5.35. The lowest BCUT2D eigenvalue weighted by molar-refractivity contribution is 0.466. The molecule has 0 amide bonds. The maximum absolute atomic E-state index is 5.49. The van der Waals surface area contributed by atoms with E-state index in [1.807, 2.05) is 36.4 Å². The van der Waals surface area contributed by atoms with Gasteiger partial charge in [0.1, 0.15) is 0 Å². The SMILES string of the molecule is C=C=CCSc1nnc(-c2ccccc2)o1. The van der Waals surface area contributed by atoms with Gasteiger partial charge in [-0.3, -0.25) is 0 Å². The van der Waals surface area contributed by atoms with Crippen LogP contribution in [0.5, 0.6) is 0 Å². The van der Waals surface area contributed by atoms with Crippen LogP contribution in [0.4, 0.5) is 0 Å². The molecule has 0 aliphatic carbocycles. The van der Waals surface area contributed by atoms with Crippen molar-refractivity contribution in [2.24, 2.45) is 0 Å². The van der Waals surface area contributed by atoms with E-state index in [-0.39, 0.29) is 0 Å². The normalized spacial score (nSPS) is 9.75. The average Bonchev–Trinajstić information content (AvgIpc) is 2.79. The van der Waals surface area contributed by atoms with Crippen molar-refractivity contribution in [3.63, 3.8) is 0 Å². The molecule has 4 heteroatoms. The van der Waals surface area contributed by atoms with Crippen molar-refractivity contribution in [2.45, 2.75) is 5.22 Å². The predicted octanol–water partition coefficient (Wildman–Crippen LogP) is 3.17. The molecule has 3 nitrogen and oxygen atoms in total. The molecular formula is C12H10N2OS. The van der Waals surface area contributed by atoms with E-state index in [9.17, 15) is 0 Å². The minimum absolute atomic E-state index is 0.547. The summed E-state index contributed by atoms with van der Waals surface area (Å²) in [5.41, 5.74) is 3.62. The Balaban J connectivity index is 2.11. The Labute approximate surface area is 97.9 Å². The molecule has 1 aromatic heterocycles. The van der Waals surface area contributed by atoms with Crippen molar-refractivity contribution >= 4 is 11.8 Å². The minimum atomic E-state index is 0.547. The molecule has 1 heterocycles. The van der Waals surface area contributed by atoms with Crippen molar-refractivity contribution in [2.75, 3.05) is 5.75 Å². The average molecular weight is 230 g/mol. The van der Waals surface area contributed by atoms with Crippen LogP contribution >= 0.6 is 11.8 Å². The van der Waals surface area contributed by atoms with Crippen LogP contribution in [0.3, 0.4) is 0 Å². The summed E-state index contributed by atoms with van der Waals surface area (Å²) < 4.78 is 5.49. The number of thioether (sulfide) groups is 1. The molecule has 80 valence electrons. The van der Waals surface area contributed by atoms with E-state index in [1.165, 1.54) is 11.8 Å². The lowest BCUT2D eigenvalue weighted by atomic mass is 10.2. The Morgan fingerprint density at radius 2 is 2.12 bits per heavy atom. The summed E-state index contributed by atoms with van der Waals surface area (Å²) in [6.45, 7) is 3.48. The number of nitrogens with zero attached hydrogens (tertiary/aromatic N) is 2. The first-order chi connectivity index (χ1) is 7.90. The van der Waals surface area contributed by atoms with Gasteiger partial charge in [-0.25, -0.2) is 0 Å². The zero-order chi connectivity index (χ0) is 11.2. The number of benzene rings is 1. The van der Waals surface area contributed by atoms with Crippen LogP contribution in [0, 0.1) is 0 Å².